The van der Waals surface area contributed by atoms with Crippen molar-refractivity contribution in [2.24, 2.45) is 12.8 Å². The van der Waals surface area contributed by atoms with Gasteiger partial charge in [-0.05, 0) is 24.6 Å². The third kappa shape index (κ3) is 3.20. The third-order valence-corrected chi connectivity index (χ3v) is 3.00. The van der Waals surface area contributed by atoms with Crippen LogP contribution >= 0.6 is 0 Å². The van der Waals surface area contributed by atoms with E-state index in [-0.39, 0.29) is 5.91 Å². The number of nitrogens with two attached hydrogens (primary N) is 1. The molecule has 1 aromatic carbocycles. The molecule has 1 aromatic heterocycles. The number of nitrogens with one attached hydrogen (secondary N) is 1. The van der Waals surface area contributed by atoms with E-state index in [4.69, 9.17) is 5.73 Å². The highest BCUT2D eigenvalue weighted by Crippen LogP contribution is 2.09. The maximum Gasteiger partial charge on any atom is 0.251 e. The van der Waals surface area contributed by atoms with Gasteiger partial charge in [-0.2, -0.15) is 0 Å². The van der Waals surface area contributed by atoms with Gasteiger partial charge in [-0.3, -0.25) is 4.79 Å². The standard InChI is InChI=1S/C14H18N4O/c1-18-9-8-16-13(18)10-17-14(19)12-5-3-2-4-11(12)6-7-15/h2-5,8-9H,6-7,10,15H2,1H3,(H,17,19). The molecule has 0 bridgehead atoms. The molecule has 5 nitrogen and oxygen atoms in total. The Kier molecular flexibility index (Phi) is 4.30. The van der Waals surface area contributed by atoms with E-state index in [0.717, 1.165) is 11.4 Å². The van der Waals surface area contributed by atoms with Crippen molar-refractivity contribution < 1.29 is 4.79 Å². The van der Waals surface area contributed by atoms with Gasteiger partial charge in [0.25, 0.3) is 5.91 Å². The van der Waals surface area contributed by atoms with E-state index in [1.807, 2.05) is 42.1 Å². The van der Waals surface area contributed by atoms with Gasteiger partial charge >= 0.3 is 0 Å². The van der Waals surface area contributed by atoms with Gasteiger partial charge in [0.2, 0.25) is 0 Å². The van der Waals surface area contributed by atoms with E-state index in [0.29, 0.717) is 25.1 Å². The van der Waals surface area contributed by atoms with E-state index in [2.05, 4.69) is 10.3 Å². The number of nitrogens with zero attached hydrogens (tertiary/aromatic N) is 2. The van der Waals surface area contributed by atoms with Gasteiger partial charge in [0.05, 0.1) is 6.54 Å². The molecular weight excluding hydrogens is 240 g/mol. The van der Waals surface area contributed by atoms with Gasteiger partial charge < -0.3 is 15.6 Å². The number of rotatable bonds is 5. The lowest BCUT2D eigenvalue weighted by Gasteiger charge is -2.09. The van der Waals surface area contributed by atoms with Crippen LogP contribution in [0.15, 0.2) is 36.7 Å². The van der Waals surface area contributed by atoms with Crippen molar-refractivity contribution in [1.82, 2.24) is 14.9 Å². The number of carbonyl (C=O) groups is 1. The van der Waals surface area contributed by atoms with E-state index < -0.39 is 0 Å². The number of aryl methyl sites for hydroxylation is 1. The molecule has 0 aliphatic carbocycles. The number of hydrogen-bond acceptors (Lipinski definition) is 3. The molecule has 0 unspecified atom stereocenters. The first-order valence-electron chi connectivity index (χ1n) is 6.24. The van der Waals surface area contributed by atoms with Crippen molar-refractivity contribution in [3.05, 3.63) is 53.6 Å². The SMILES string of the molecule is Cn1ccnc1CNC(=O)c1ccccc1CCN. The van der Waals surface area contributed by atoms with Gasteiger partial charge in [-0.1, -0.05) is 18.2 Å². The minimum atomic E-state index is -0.0907. The Labute approximate surface area is 112 Å². The molecule has 0 saturated heterocycles. The molecule has 0 spiro atoms. The molecular formula is C14H18N4O. The number of aromatic nitrogens is 2. The number of imidazole rings is 1. The van der Waals surface area contributed by atoms with Crippen molar-refractivity contribution in [1.29, 1.82) is 0 Å². The Hall–Kier alpha value is -2.14. The molecule has 2 aromatic rings. The molecule has 0 aliphatic rings. The molecule has 19 heavy (non-hydrogen) atoms. The van der Waals surface area contributed by atoms with Crippen LogP contribution in [0.3, 0.4) is 0 Å². The van der Waals surface area contributed by atoms with Crippen LogP contribution in [0.2, 0.25) is 0 Å². The Morgan fingerprint density at radius 1 is 1.42 bits per heavy atom. The Balaban J connectivity index is 2.06. The summed E-state index contributed by atoms with van der Waals surface area (Å²) in [5.74, 6) is 0.733. The predicted molar refractivity (Wildman–Crippen MR) is 73.6 cm³/mol. The summed E-state index contributed by atoms with van der Waals surface area (Å²) >= 11 is 0. The fourth-order valence-electron chi connectivity index (χ4n) is 1.94. The summed E-state index contributed by atoms with van der Waals surface area (Å²) in [5, 5.41) is 2.88. The first-order chi connectivity index (χ1) is 9.22. The molecule has 1 amide bonds. The van der Waals surface area contributed by atoms with E-state index in [9.17, 15) is 4.79 Å². The fourth-order valence-corrected chi connectivity index (χ4v) is 1.94. The second-order valence-corrected chi connectivity index (χ2v) is 4.33. The Morgan fingerprint density at radius 3 is 2.89 bits per heavy atom. The van der Waals surface area contributed by atoms with Crippen molar-refractivity contribution in [2.45, 2.75) is 13.0 Å². The molecule has 2 rings (SSSR count). The van der Waals surface area contributed by atoms with Crippen molar-refractivity contribution >= 4 is 5.91 Å². The second-order valence-electron chi connectivity index (χ2n) is 4.33. The van der Waals surface area contributed by atoms with Crippen LogP contribution < -0.4 is 11.1 Å². The lowest BCUT2D eigenvalue weighted by atomic mass is 10.0. The van der Waals surface area contributed by atoms with Gasteiger partial charge in [-0.15, -0.1) is 0 Å². The number of benzene rings is 1. The zero-order valence-corrected chi connectivity index (χ0v) is 11.0. The molecule has 0 saturated carbocycles. The minimum Gasteiger partial charge on any atom is -0.345 e. The molecule has 100 valence electrons. The summed E-state index contributed by atoms with van der Waals surface area (Å²) in [5.41, 5.74) is 7.21. The smallest absolute Gasteiger partial charge is 0.251 e. The lowest BCUT2D eigenvalue weighted by Crippen LogP contribution is -2.25. The quantitative estimate of drug-likeness (QED) is 0.835. The van der Waals surface area contributed by atoms with Crippen molar-refractivity contribution in [2.75, 3.05) is 6.54 Å². The van der Waals surface area contributed by atoms with E-state index >= 15 is 0 Å². The number of hydrogen-bond donors (Lipinski definition) is 2. The van der Waals surface area contributed by atoms with Crippen LogP contribution in [0.1, 0.15) is 21.7 Å². The zero-order valence-electron chi connectivity index (χ0n) is 11.0. The van der Waals surface area contributed by atoms with E-state index in [1.165, 1.54) is 0 Å². The van der Waals surface area contributed by atoms with Crippen LogP contribution in [-0.4, -0.2) is 22.0 Å². The van der Waals surface area contributed by atoms with E-state index in [1.54, 1.807) is 6.20 Å². The molecule has 1 heterocycles. The number of amides is 1. The Bertz CT molecular complexity index is 562. The largest absolute Gasteiger partial charge is 0.345 e. The van der Waals surface area contributed by atoms with Crippen LogP contribution in [0.4, 0.5) is 0 Å². The predicted octanol–water partition coefficient (Wildman–Crippen LogP) is 0.851. The summed E-state index contributed by atoms with van der Waals surface area (Å²) in [4.78, 5) is 16.3. The third-order valence-electron chi connectivity index (χ3n) is 3.00. The monoisotopic (exact) mass is 258 g/mol. The first-order valence-corrected chi connectivity index (χ1v) is 6.24. The molecule has 0 atom stereocenters. The average Bonchev–Trinajstić information content (AvgIpc) is 2.82. The van der Waals surface area contributed by atoms with Crippen LogP contribution in [0.25, 0.3) is 0 Å². The van der Waals surface area contributed by atoms with Gasteiger partial charge in [0.15, 0.2) is 0 Å². The normalized spacial score (nSPS) is 10.4. The summed E-state index contributed by atoms with van der Waals surface area (Å²) in [7, 11) is 1.90. The summed E-state index contributed by atoms with van der Waals surface area (Å²) in [6, 6.07) is 7.53. The fraction of sp³-hybridized carbons (Fsp3) is 0.286. The van der Waals surface area contributed by atoms with Gasteiger partial charge in [-0.25, -0.2) is 4.98 Å². The summed E-state index contributed by atoms with van der Waals surface area (Å²) in [6.45, 7) is 0.947. The maximum atomic E-state index is 12.2. The van der Waals surface area contributed by atoms with Gasteiger partial charge in [0, 0.05) is 25.0 Å². The van der Waals surface area contributed by atoms with Crippen molar-refractivity contribution in [3.63, 3.8) is 0 Å². The highest BCUT2D eigenvalue weighted by Gasteiger charge is 2.10. The zero-order chi connectivity index (χ0) is 13.7. The summed E-state index contributed by atoms with van der Waals surface area (Å²) < 4.78 is 1.88. The van der Waals surface area contributed by atoms with Crippen LogP contribution in [-0.2, 0) is 20.0 Å². The Morgan fingerprint density at radius 2 is 2.21 bits per heavy atom. The van der Waals surface area contributed by atoms with Gasteiger partial charge in [0.1, 0.15) is 5.82 Å². The minimum absolute atomic E-state index is 0.0907. The van der Waals surface area contributed by atoms with Crippen LogP contribution in [0.5, 0.6) is 0 Å². The number of carbonyl (C=O) groups excluding carboxylic acids is 1. The second kappa shape index (κ2) is 6.15. The molecule has 0 radical (unpaired) electrons. The lowest BCUT2D eigenvalue weighted by molar-refractivity contribution is 0.0948. The van der Waals surface area contributed by atoms with Crippen molar-refractivity contribution in [3.8, 4) is 0 Å². The molecule has 0 aliphatic heterocycles. The highest BCUT2D eigenvalue weighted by atomic mass is 16.1. The average molecular weight is 258 g/mol. The topological polar surface area (TPSA) is 72.9 Å². The van der Waals surface area contributed by atoms with Crippen LogP contribution in [0, 0.1) is 0 Å². The first kappa shape index (κ1) is 13.3. The summed E-state index contributed by atoms with van der Waals surface area (Å²) in [6.07, 6.45) is 4.26. The molecule has 0 fully saturated rings. The maximum absolute atomic E-state index is 12.2. The molecule has 3 N–H and O–H groups in total. The highest BCUT2D eigenvalue weighted by molar-refractivity contribution is 5.95. The molecule has 5 heteroatoms.